The maximum atomic E-state index is 13.9. The van der Waals surface area contributed by atoms with Crippen LogP contribution in [0.2, 0.25) is 0 Å². The van der Waals surface area contributed by atoms with E-state index in [4.69, 9.17) is 10.5 Å². The van der Waals surface area contributed by atoms with Gasteiger partial charge < -0.3 is 20.8 Å². The second-order valence-electron chi connectivity index (χ2n) is 6.78. The number of carboxylic acids is 1. The third-order valence-corrected chi connectivity index (χ3v) is 5.14. The van der Waals surface area contributed by atoms with Crippen molar-refractivity contribution in [1.29, 1.82) is 0 Å². The lowest BCUT2D eigenvalue weighted by Crippen LogP contribution is -2.73. The van der Waals surface area contributed by atoms with E-state index in [1.807, 2.05) is 0 Å². The molecule has 0 radical (unpaired) electrons. The first-order chi connectivity index (χ1) is 13.3. The number of primary amides is 1. The second-order valence-corrected chi connectivity index (χ2v) is 6.78. The Morgan fingerprint density at radius 1 is 1.43 bits per heavy atom. The number of nitrogens with two attached hydrogens (primary N) is 1. The lowest BCUT2D eigenvalue weighted by atomic mass is 10.1. The van der Waals surface area contributed by atoms with E-state index in [-0.39, 0.29) is 31.7 Å². The van der Waals surface area contributed by atoms with Crippen LogP contribution in [0.15, 0.2) is 24.3 Å². The molecule has 2 unspecified atom stereocenters. The van der Waals surface area contributed by atoms with Gasteiger partial charge in [0.25, 0.3) is 5.91 Å². The first-order valence-corrected chi connectivity index (χ1v) is 8.84. The Bertz CT molecular complexity index is 789. The molecule has 2 fully saturated rings. The van der Waals surface area contributed by atoms with E-state index >= 15 is 0 Å². The molecule has 0 aliphatic carbocycles. The van der Waals surface area contributed by atoms with Crippen LogP contribution in [0.1, 0.15) is 12.8 Å². The molecule has 3 amide bonds. The number of rotatable bonds is 4. The van der Waals surface area contributed by atoms with Gasteiger partial charge in [0.05, 0.1) is 12.8 Å². The van der Waals surface area contributed by atoms with Crippen molar-refractivity contribution in [3.8, 4) is 5.75 Å². The highest BCUT2D eigenvalue weighted by Gasteiger charge is 2.51. The number of urea groups is 1. The van der Waals surface area contributed by atoms with Gasteiger partial charge in [0.2, 0.25) is 0 Å². The van der Waals surface area contributed by atoms with Crippen molar-refractivity contribution >= 4 is 23.6 Å². The molecular weight excluding hydrogens is 370 g/mol. The van der Waals surface area contributed by atoms with Crippen LogP contribution in [0, 0.1) is 11.1 Å². The maximum absolute atomic E-state index is 13.9. The van der Waals surface area contributed by atoms with Gasteiger partial charge in [0.15, 0.2) is 6.17 Å². The smallest absolute Gasteiger partial charge is 0.324 e. The van der Waals surface area contributed by atoms with E-state index in [9.17, 15) is 24.7 Å². The summed E-state index contributed by atoms with van der Waals surface area (Å²) in [5.41, 5.74) is 5.91. The molecule has 3 atom stereocenters. The molecule has 4 N–H and O–H groups in total. The highest BCUT2D eigenvalue weighted by atomic mass is 16.6. The van der Waals surface area contributed by atoms with Crippen LogP contribution in [0.25, 0.3) is 0 Å². The zero-order valence-electron chi connectivity index (χ0n) is 15.4. The van der Waals surface area contributed by atoms with Crippen LogP contribution in [-0.4, -0.2) is 65.8 Å². The Kier molecular flexibility index (Phi) is 5.40. The van der Waals surface area contributed by atoms with E-state index in [0.29, 0.717) is 5.75 Å². The molecule has 11 nitrogen and oxygen atoms in total. The van der Waals surface area contributed by atoms with Gasteiger partial charge in [-0.05, 0) is 12.1 Å². The van der Waals surface area contributed by atoms with Crippen molar-refractivity contribution in [3.63, 3.8) is 0 Å². The SMILES string of the molecule is COc1ccccc1N(C(N)=O)C1CCC(=O)N2CNC[C@H](C(=O)O)C[N+]12[O-]. The normalized spacial score (nSPS) is 27.5. The Labute approximate surface area is 161 Å². The summed E-state index contributed by atoms with van der Waals surface area (Å²) >= 11 is 0. The number of amides is 3. The molecule has 2 aliphatic rings. The summed E-state index contributed by atoms with van der Waals surface area (Å²) in [5.74, 6) is -2.25. The van der Waals surface area contributed by atoms with Crippen LogP contribution < -0.4 is 20.7 Å². The number of ether oxygens (including phenoxy) is 1. The molecule has 2 saturated heterocycles. The number of methoxy groups -OCH3 is 1. The summed E-state index contributed by atoms with van der Waals surface area (Å²) in [7, 11) is 1.42. The van der Waals surface area contributed by atoms with Gasteiger partial charge in [-0.25, -0.2) is 14.4 Å². The van der Waals surface area contributed by atoms with E-state index in [1.54, 1.807) is 24.3 Å². The summed E-state index contributed by atoms with van der Waals surface area (Å²) < 4.78 is 3.99. The number of benzene rings is 1. The Hall–Kier alpha value is -2.89. The predicted octanol–water partition coefficient (Wildman–Crippen LogP) is 0.0199. The molecule has 152 valence electrons. The molecule has 2 aliphatic heterocycles. The van der Waals surface area contributed by atoms with Crippen LogP contribution >= 0.6 is 0 Å². The number of carboxylic acid groups (broad SMARTS) is 1. The van der Waals surface area contributed by atoms with Gasteiger partial charge in [-0.3, -0.25) is 14.9 Å². The number of carbonyl (C=O) groups excluding carboxylic acids is 2. The van der Waals surface area contributed by atoms with E-state index in [1.165, 1.54) is 7.11 Å². The molecule has 0 bridgehead atoms. The summed E-state index contributed by atoms with van der Waals surface area (Å²) in [6, 6.07) is 5.69. The summed E-state index contributed by atoms with van der Waals surface area (Å²) in [6.45, 7) is -0.474. The first kappa shape index (κ1) is 19.9. The molecule has 2 heterocycles. The Balaban J connectivity index is 2.09. The van der Waals surface area contributed by atoms with Crippen LogP contribution in [0.3, 0.4) is 0 Å². The predicted molar refractivity (Wildman–Crippen MR) is 97.4 cm³/mol. The van der Waals surface area contributed by atoms with Gasteiger partial charge in [-0.2, -0.15) is 5.01 Å². The zero-order valence-corrected chi connectivity index (χ0v) is 15.4. The standard InChI is InChI=1S/C17H23N5O6/c1-28-13-5-3-2-4-12(13)21(17(18)26)14-6-7-15(23)20-10-19-8-11(16(24)25)9-22(14,20)27/h2-5,11,14,19H,6-10H2,1H3,(H2,18,26)(H,24,25)/t11-,14?,22?/m0/s1. The lowest BCUT2D eigenvalue weighted by molar-refractivity contribution is -1.00. The number of carbonyl (C=O) groups is 3. The number of hydrogen-bond acceptors (Lipinski definition) is 6. The zero-order chi connectivity index (χ0) is 20.5. The number of hydroxylamine groups is 2. The fourth-order valence-corrected chi connectivity index (χ4v) is 3.82. The monoisotopic (exact) mass is 393 g/mol. The molecule has 1 aromatic rings. The van der Waals surface area contributed by atoms with Gasteiger partial charge in [-0.1, -0.05) is 12.1 Å². The van der Waals surface area contributed by atoms with Crippen molar-refractivity contribution in [1.82, 2.24) is 10.3 Å². The number of fused-ring (bicyclic) bond motifs is 1. The van der Waals surface area contributed by atoms with Crippen molar-refractivity contribution in [2.24, 2.45) is 11.7 Å². The second kappa shape index (κ2) is 7.62. The van der Waals surface area contributed by atoms with E-state index in [0.717, 1.165) is 9.91 Å². The third kappa shape index (κ3) is 3.35. The molecule has 3 rings (SSSR count). The quantitative estimate of drug-likeness (QED) is 0.482. The van der Waals surface area contributed by atoms with Gasteiger partial charge in [0.1, 0.15) is 24.9 Å². The van der Waals surface area contributed by atoms with Crippen molar-refractivity contribution in [2.75, 3.05) is 31.8 Å². The Morgan fingerprint density at radius 3 is 2.79 bits per heavy atom. The minimum atomic E-state index is -1.30. The fraction of sp³-hybridized carbons (Fsp3) is 0.471. The minimum absolute atomic E-state index is 0.0330. The van der Waals surface area contributed by atoms with Crippen LogP contribution in [0.4, 0.5) is 10.5 Å². The lowest BCUT2D eigenvalue weighted by Gasteiger charge is -2.57. The number of quaternary nitrogens is 1. The number of aliphatic carboxylic acids is 1. The molecule has 1 aromatic carbocycles. The molecule has 0 aromatic heterocycles. The fourth-order valence-electron chi connectivity index (χ4n) is 3.82. The number of nitrogens with one attached hydrogen (secondary N) is 1. The van der Waals surface area contributed by atoms with Gasteiger partial charge in [0, 0.05) is 19.4 Å². The topological polar surface area (TPSA) is 148 Å². The summed E-state index contributed by atoms with van der Waals surface area (Å²) in [6.07, 6.45) is -1.02. The highest BCUT2D eigenvalue weighted by molar-refractivity contribution is 5.93. The highest BCUT2D eigenvalue weighted by Crippen LogP contribution is 2.37. The van der Waals surface area contributed by atoms with Crippen LogP contribution in [-0.2, 0) is 9.59 Å². The van der Waals surface area contributed by atoms with Gasteiger partial charge >= 0.3 is 12.0 Å². The number of nitrogens with zero attached hydrogens (tertiary/aromatic N) is 3. The average molecular weight is 393 g/mol. The Morgan fingerprint density at radius 2 is 2.14 bits per heavy atom. The van der Waals surface area contributed by atoms with Crippen molar-refractivity contribution < 1.29 is 29.0 Å². The van der Waals surface area contributed by atoms with Crippen molar-refractivity contribution in [2.45, 2.75) is 19.0 Å². The van der Waals surface area contributed by atoms with Gasteiger partial charge in [-0.15, -0.1) is 0 Å². The van der Waals surface area contributed by atoms with E-state index < -0.39 is 41.3 Å². The number of hydrogen-bond donors (Lipinski definition) is 3. The third-order valence-electron chi connectivity index (χ3n) is 5.14. The summed E-state index contributed by atoms with van der Waals surface area (Å²) in [4.78, 5) is 37.5. The molecule has 28 heavy (non-hydrogen) atoms. The average Bonchev–Trinajstić information content (AvgIpc) is 2.84. The number of para-hydroxylation sites is 2. The van der Waals surface area contributed by atoms with E-state index in [2.05, 4.69) is 5.32 Å². The largest absolute Gasteiger partial charge is 0.604 e. The maximum Gasteiger partial charge on any atom is 0.324 e. The first-order valence-electron chi connectivity index (χ1n) is 8.84. The molecular formula is C17H23N5O6. The van der Waals surface area contributed by atoms with Crippen molar-refractivity contribution in [3.05, 3.63) is 29.5 Å². The molecule has 0 spiro atoms. The minimum Gasteiger partial charge on any atom is -0.604 e. The molecule has 11 heteroatoms. The van der Waals surface area contributed by atoms with Crippen LogP contribution in [0.5, 0.6) is 5.75 Å². The molecule has 0 saturated carbocycles. The number of anilines is 1. The summed E-state index contributed by atoms with van der Waals surface area (Å²) in [5, 5.41) is 27.3.